The molecule has 0 amide bonds. The predicted molar refractivity (Wildman–Crippen MR) is 105 cm³/mol. The number of fused-ring (bicyclic) bond motifs is 1. The summed E-state index contributed by atoms with van der Waals surface area (Å²) in [5.74, 6) is -1.25. The van der Waals surface area contributed by atoms with E-state index in [9.17, 15) is 26.4 Å². The number of carboxylic acid groups (broad SMARTS) is 1. The number of anilines is 1. The van der Waals surface area contributed by atoms with Crippen molar-refractivity contribution in [3.8, 4) is 0 Å². The number of nitrogens with zero attached hydrogens (tertiary/aromatic N) is 1. The lowest BCUT2D eigenvalue weighted by atomic mass is 10.2. The molecule has 0 aliphatic carbocycles. The van der Waals surface area contributed by atoms with Crippen molar-refractivity contribution < 1.29 is 31.5 Å². The Morgan fingerprint density at radius 1 is 1.10 bits per heavy atom. The molecule has 29 heavy (non-hydrogen) atoms. The van der Waals surface area contributed by atoms with Gasteiger partial charge in [0.1, 0.15) is 5.00 Å². The number of halogens is 4. The van der Waals surface area contributed by atoms with E-state index in [0.717, 1.165) is 35.6 Å². The molecule has 0 saturated heterocycles. The molecule has 5 nitrogen and oxygen atoms in total. The lowest BCUT2D eigenvalue weighted by molar-refractivity contribution is -0.131. The third kappa shape index (κ3) is 4.49. The van der Waals surface area contributed by atoms with Gasteiger partial charge in [-0.15, -0.1) is 11.3 Å². The van der Waals surface area contributed by atoms with Crippen LogP contribution in [0.25, 0.3) is 10.1 Å². The first-order chi connectivity index (χ1) is 13.5. The van der Waals surface area contributed by atoms with Crippen molar-refractivity contribution in [2.45, 2.75) is 17.5 Å². The van der Waals surface area contributed by atoms with Gasteiger partial charge in [0, 0.05) is 16.6 Å². The molecule has 1 N–H and O–H groups in total. The van der Waals surface area contributed by atoms with Gasteiger partial charge in [0.15, 0.2) is 0 Å². The smallest absolute Gasteiger partial charge is 0.390 e. The van der Waals surface area contributed by atoms with Crippen LogP contribution in [0.3, 0.4) is 0 Å². The van der Waals surface area contributed by atoms with Crippen molar-refractivity contribution in [1.29, 1.82) is 0 Å². The molecule has 3 aromatic rings. The largest absolute Gasteiger partial charge is 0.478 e. The van der Waals surface area contributed by atoms with Crippen LogP contribution in [0.2, 0.25) is 5.02 Å². The van der Waals surface area contributed by atoms with Crippen molar-refractivity contribution in [2.24, 2.45) is 0 Å². The summed E-state index contributed by atoms with van der Waals surface area (Å²) >= 11 is 7.27. The summed E-state index contributed by atoms with van der Waals surface area (Å²) in [6.07, 6.45) is -5.95. The quantitative estimate of drug-likeness (QED) is 0.531. The Morgan fingerprint density at radius 3 is 2.28 bits per heavy atom. The van der Waals surface area contributed by atoms with Crippen molar-refractivity contribution in [3.63, 3.8) is 0 Å². The third-order valence-corrected chi connectivity index (χ3v) is 7.65. The molecule has 2 aromatic carbocycles. The van der Waals surface area contributed by atoms with Gasteiger partial charge in [-0.1, -0.05) is 29.8 Å². The first-order valence-corrected chi connectivity index (χ1v) is 10.7. The van der Waals surface area contributed by atoms with Crippen molar-refractivity contribution in [2.75, 3.05) is 10.8 Å². The standard InChI is InChI=1S/C18H13ClF3NO4S2/c19-15-13-3-1-2-4-14(13)28-16(15)23(10-9-18(20,21)22)29(26,27)12-7-5-11(6-8-12)17(24)25/h1-8H,9-10H2,(H,24,25). The molecule has 11 heteroatoms. The van der Waals surface area contributed by atoms with Gasteiger partial charge < -0.3 is 5.11 Å². The van der Waals surface area contributed by atoms with E-state index in [0.29, 0.717) is 14.4 Å². The van der Waals surface area contributed by atoms with Gasteiger partial charge in [0.05, 0.1) is 21.9 Å². The summed E-state index contributed by atoms with van der Waals surface area (Å²) in [7, 11) is -4.42. The van der Waals surface area contributed by atoms with E-state index in [1.807, 2.05) is 0 Å². The van der Waals surface area contributed by atoms with Gasteiger partial charge >= 0.3 is 12.1 Å². The Balaban J connectivity index is 2.11. The maximum absolute atomic E-state index is 13.1. The van der Waals surface area contributed by atoms with E-state index in [2.05, 4.69) is 0 Å². The fourth-order valence-corrected chi connectivity index (χ4v) is 5.92. The molecule has 0 radical (unpaired) electrons. The molecule has 0 aliphatic heterocycles. The molecular weight excluding hydrogens is 451 g/mol. The lowest BCUT2D eigenvalue weighted by Gasteiger charge is -2.24. The number of benzene rings is 2. The first kappa shape index (κ1) is 21.4. The predicted octanol–water partition coefficient (Wildman–Crippen LogP) is 5.40. The molecule has 154 valence electrons. The minimum Gasteiger partial charge on any atom is -0.478 e. The van der Waals surface area contributed by atoms with Crippen LogP contribution in [0.5, 0.6) is 0 Å². The number of carbonyl (C=O) groups is 1. The summed E-state index contributed by atoms with van der Waals surface area (Å²) in [6.45, 7) is -0.862. The van der Waals surface area contributed by atoms with Crippen LogP contribution in [0.4, 0.5) is 18.2 Å². The van der Waals surface area contributed by atoms with E-state index in [-0.39, 0.29) is 20.5 Å². The van der Waals surface area contributed by atoms with Gasteiger partial charge in [0.25, 0.3) is 10.0 Å². The molecule has 0 unspecified atom stereocenters. The number of carboxylic acids is 1. The second kappa shape index (κ2) is 7.85. The SMILES string of the molecule is O=C(O)c1ccc(S(=O)(=O)N(CCC(F)(F)F)c2sc3ccccc3c2Cl)cc1. The van der Waals surface area contributed by atoms with E-state index in [1.54, 1.807) is 24.3 Å². The van der Waals surface area contributed by atoms with Gasteiger partial charge in [-0.3, -0.25) is 4.31 Å². The average molecular weight is 464 g/mol. The van der Waals surface area contributed by atoms with E-state index in [4.69, 9.17) is 16.7 Å². The highest BCUT2D eigenvalue weighted by atomic mass is 35.5. The molecule has 0 bridgehead atoms. The van der Waals surface area contributed by atoms with Gasteiger partial charge in [-0.05, 0) is 30.3 Å². The number of sulfonamides is 1. The highest BCUT2D eigenvalue weighted by Gasteiger charge is 2.34. The summed E-state index contributed by atoms with van der Waals surface area (Å²) in [4.78, 5) is 10.6. The zero-order valence-electron chi connectivity index (χ0n) is 14.5. The number of hydrogen-bond acceptors (Lipinski definition) is 4. The number of alkyl halides is 3. The summed E-state index contributed by atoms with van der Waals surface area (Å²) < 4.78 is 66.1. The summed E-state index contributed by atoms with van der Waals surface area (Å²) in [5.41, 5.74) is -0.148. The molecule has 0 aliphatic rings. The average Bonchev–Trinajstić information content (AvgIpc) is 2.97. The number of thiophene rings is 1. The molecule has 3 rings (SSSR count). The maximum atomic E-state index is 13.1. The summed E-state index contributed by atoms with van der Waals surface area (Å²) in [5, 5.41) is 9.50. The van der Waals surface area contributed by atoms with E-state index >= 15 is 0 Å². The minimum atomic E-state index is -4.58. The molecule has 0 saturated carbocycles. The van der Waals surface area contributed by atoms with E-state index < -0.39 is 35.1 Å². The Kier molecular flexibility index (Phi) is 5.79. The van der Waals surface area contributed by atoms with Gasteiger partial charge in [-0.25, -0.2) is 13.2 Å². The highest BCUT2D eigenvalue weighted by molar-refractivity contribution is 7.93. The van der Waals surface area contributed by atoms with Crippen LogP contribution in [-0.2, 0) is 10.0 Å². The van der Waals surface area contributed by atoms with Crippen molar-refractivity contribution in [1.82, 2.24) is 0 Å². The van der Waals surface area contributed by atoms with Crippen molar-refractivity contribution >= 4 is 54.0 Å². The minimum absolute atomic E-state index is 0.0283. The molecule has 1 aromatic heterocycles. The zero-order valence-corrected chi connectivity index (χ0v) is 16.9. The Morgan fingerprint density at radius 2 is 1.72 bits per heavy atom. The fraction of sp³-hybridized carbons (Fsp3) is 0.167. The molecule has 0 spiro atoms. The molecular formula is C18H13ClF3NO4S2. The normalized spacial score (nSPS) is 12.3. The molecule has 0 fully saturated rings. The Bertz CT molecular complexity index is 1160. The second-order valence-electron chi connectivity index (χ2n) is 5.99. The molecule has 1 heterocycles. The van der Waals surface area contributed by atoms with Gasteiger partial charge in [0.2, 0.25) is 0 Å². The number of hydrogen-bond donors (Lipinski definition) is 1. The topological polar surface area (TPSA) is 74.7 Å². The van der Waals surface area contributed by atoms with Crippen LogP contribution in [0.1, 0.15) is 16.8 Å². The third-order valence-electron chi connectivity index (χ3n) is 4.03. The Labute approximate surface area is 173 Å². The fourth-order valence-electron chi connectivity index (χ4n) is 2.62. The second-order valence-corrected chi connectivity index (χ2v) is 9.26. The van der Waals surface area contributed by atoms with Crippen LogP contribution in [0, 0.1) is 0 Å². The van der Waals surface area contributed by atoms with Crippen LogP contribution in [0.15, 0.2) is 53.4 Å². The van der Waals surface area contributed by atoms with Crippen molar-refractivity contribution in [3.05, 3.63) is 59.1 Å². The first-order valence-electron chi connectivity index (χ1n) is 8.10. The number of rotatable bonds is 6. The monoisotopic (exact) mass is 463 g/mol. The number of aromatic carboxylic acids is 1. The van der Waals surface area contributed by atoms with Crippen LogP contribution < -0.4 is 4.31 Å². The highest BCUT2D eigenvalue weighted by Crippen LogP contribution is 2.44. The lowest BCUT2D eigenvalue weighted by Crippen LogP contribution is -2.34. The Hall–Kier alpha value is -2.30. The molecule has 0 atom stereocenters. The zero-order chi connectivity index (χ0) is 21.4. The van der Waals surface area contributed by atoms with Crippen LogP contribution in [-0.4, -0.2) is 32.2 Å². The van der Waals surface area contributed by atoms with Crippen LogP contribution >= 0.6 is 22.9 Å². The van der Waals surface area contributed by atoms with Gasteiger partial charge in [-0.2, -0.15) is 13.2 Å². The van der Waals surface area contributed by atoms with E-state index in [1.165, 1.54) is 0 Å². The maximum Gasteiger partial charge on any atom is 0.390 e. The summed E-state index contributed by atoms with van der Waals surface area (Å²) in [6, 6.07) is 11.0.